The number of hydrogen-bond acceptors (Lipinski definition) is 5. The van der Waals surface area contributed by atoms with E-state index in [4.69, 9.17) is 5.73 Å². The lowest BCUT2D eigenvalue weighted by Crippen LogP contribution is -2.51. The molecule has 138 valence electrons. The highest BCUT2D eigenvalue weighted by Crippen LogP contribution is 2.35. The van der Waals surface area contributed by atoms with Gasteiger partial charge in [-0.05, 0) is 49.1 Å². The zero-order valence-corrected chi connectivity index (χ0v) is 15.6. The molecule has 0 radical (unpaired) electrons. The maximum Gasteiger partial charge on any atom is 0.290 e. The van der Waals surface area contributed by atoms with Crippen molar-refractivity contribution >= 4 is 22.9 Å². The van der Waals surface area contributed by atoms with Crippen molar-refractivity contribution in [1.29, 1.82) is 0 Å². The van der Waals surface area contributed by atoms with Gasteiger partial charge in [-0.1, -0.05) is 18.9 Å². The molecule has 1 aliphatic heterocycles. The Hall–Kier alpha value is -2.15. The minimum absolute atomic E-state index is 0.0149. The molecule has 2 aromatic rings. The summed E-state index contributed by atoms with van der Waals surface area (Å²) in [7, 11) is 0. The molecule has 1 amide bonds. The summed E-state index contributed by atoms with van der Waals surface area (Å²) in [5.41, 5.74) is 6.27. The van der Waals surface area contributed by atoms with E-state index in [1.54, 1.807) is 6.07 Å². The third-order valence-corrected chi connectivity index (χ3v) is 6.52. The first-order chi connectivity index (χ1) is 12.6. The van der Waals surface area contributed by atoms with E-state index in [0.29, 0.717) is 17.7 Å². The van der Waals surface area contributed by atoms with Crippen molar-refractivity contribution in [2.75, 3.05) is 12.3 Å². The largest absolute Gasteiger partial charge is 0.394 e. The highest BCUT2D eigenvalue weighted by Gasteiger charge is 2.35. The molecule has 1 saturated heterocycles. The molecule has 26 heavy (non-hydrogen) atoms. The molecule has 2 fully saturated rings. The summed E-state index contributed by atoms with van der Waals surface area (Å²) in [5.74, 6) is 0.604. The van der Waals surface area contributed by atoms with Gasteiger partial charge in [0.15, 0.2) is 0 Å². The van der Waals surface area contributed by atoms with Crippen LogP contribution in [0.2, 0.25) is 0 Å². The SMILES string of the molecule is Nc1cc(-c2cccs2)nn(CC(=O)N2CCC[C@@H]3CCCC[C@H]32)c1=O. The summed E-state index contributed by atoms with van der Waals surface area (Å²) in [6.07, 6.45) is 7.01. The van der Waals surface area contributed by atoms with Gasteiger partial charge < -0.3 is 10.6 Å². The van der Waals surface area contributed by atoms with Crippen molar-refractivity contribution in [3.8, 4) is 10.6 Å². The molecule has 6 nitrogen and oxygen atoms in total. The van der Waals surface area contributed by atoms with E-state index in [1.165, 1.54) is 41.7 Å². The number of likely N-dealkylation sites (tertiary alicyclic amines) is 1. The van der Waals surface area contributed by atoms with Crippen molar-refractivity contribution in [2.24, 2.45) is 5.92 Å². The average molecular weight is 372 g/mol. The Kier molecular flexibility index (Phi) is 4.80. The van der Waals surface area contributed by atoms with Crippen LogP contribution in [0.4, 0.5) is 5.69 Å². The summed E-state index contributed by atoms with van der Waals surface area (Å²) in [6, 6.07) is 5.78. The number of fused-ring (bicyclic) bond motifs is 1. The van der Waals surface area contributed by atoms with Crippen LogP contribution in [0.25, 0.3) is 10.6 Å². The number of carbonyl (C=O) groups excluding carboxylic acids is 1. The lowest BCUT2D eigenvalue weighted by molar-refractivity contribution is -0.138. The number of nitrogens with zero attached hydrogens (tertiary/aromatic N) is 3. The summed E-state index contributed by atoms with van der Waals surface area (Å²) < 4.78 is 1.24. The van der Waals surface area contributed by atoms with Crippen LogP contribution in [0.15, 0.2) is 28.4 Å². The van der Waals surface area contributed by atoms with E-state index in [9.17, 15) is 9.59 Å². The number of nitrogen functional groups attached to an aromatic ring is 1. The smallest absolute Gasteiger partial charge is 0.290 e. The molecule has 0 spiro atoms. The number of nitrogens with two attached hydrogens (primary N) is 1. The van der Waals surface area contributed by atoms with Crippen LogP contribution in [0.1, 0.15) is 38.5 Å². The van der Waals surface area contributed by atoms with E-state index in [0.717, 1.165) is 24.3 Å². The number of anilines is 1. The molecule has 0 bridgehead atoms. The molecular weight excluding hydrogens is 348 g/mol. The molecule has 2 aliphatic rings. The molecule has 2 atom stereocenters. The third-order valence-electron chi connectivity index (χ3n) is 5.62. The standard InChI is InChI=1S/C19H24N4O2S/c20-14-11-15(17-8-4-10-26-17)21-23(19(14)25)12-18(24)22-9-3-6-13-5-1-2-7-16(13)22/h4,8,10-11,13,16H,1-3,5-7,9,12,20H2/t13-,16+/m0/s1. The van der Waals surface area contributed by atoms with Crippen molar-refractivity contribution in [3.05, 3.63) is 33.9 Å². The molecular formula is C19H24N4O2S. The Morgan fingerprint density at radius 2 is 2.08 bits per heavy atom. The molecule has 0 aromatic carbocycles. The van der Waals surface area contributed by atoms with Crippen molar-refractivity contribution in [3.63, 3.8) is 0 Å². The third kappa shape index (κ3) is 3.28. The fraction of sp³-hybridized carbons (Fsp3) is 0.526. The predicted octanol–water partition coefficient (Wildman–Crippen LogP) is 2.74. The molecule has 2 N–H and O–H groups in total. The van der Waals surface area contributed by atoms with Gasteiger partial charge in [0.1, 0.15) is 17.9 Å². The van der Waals surface area contributed by atoms with Gasteiger partial charge in [0, 0.05) is 12.6 Å². The molecule has 1 aliphatic carbocycles. The lowest BCUT2D eigenvalue weighted by Gasteiger charge is -2.44. The number of rotatable bonds is 3. The number of hydrogen-bond donors (Lipinski definition) is 1. The zero-order valence-electron chi connectivity index (χ0n) is 14.8. The topological polar surface area (TPSA) is 81.2 Å². The molecule has 3 heterocycles. The quantitative estimate of drug-likeness (QED) is 0.898. The van der Waals surface area contributed by atoms with Gasteiger partial charge in [-0.15, -0.1) is 11.3 Å². The molecule has 1 saturated carbocycles. The summed E-state index contributed by atoms with van der Waals surface area (Å²) >= 11 is 1.53. The normalized spacial score (nSPS) is 22.8. The van der Waals surface area contributed by atoms with Gasteiger partial charge >= 0.3 is 0 Å². The number of amides is 1. The second-order valence-corrected chi connectivity index (χ2v) is 8.21. The predicted molar refractivity (Wildman–Crippen MR) is 103 cm³/mol. The van der Waals surface area contributed by atoms with Gasteiger partial charge in [0.25, 0.3) is 5.56 Å². The number of piperidine rings is 1. The van der Waals surface area contributed by atoms with Crippen LogP contribution in [0.3, 0.4) is 0 Å². The Labute approximate surface area is 156 Å². The highest BCUT2D eigenvalue weighted by molar-refractivity contribution is 7.13. The first-order valence-electron chi connectivity index (χ1n) is 9.34. The lowest BCUT2D eigenvalue weighted by atomic mass is 9.78. The first kappa shape index (κ1) is 17.3. The number of thiophene rings is 1. The summed E-state index contributed by atoms with van der Waals surface area (Å²) in [4.78, 5) is 28.3. The van der Waals surface area contributed by atoms with Crippen molar-refractivity contribution in [1.82, 2.24) is 14.7 Å². The minimum Gasteiger partial charge on any atom is -0.394 e. The van der Waals surface area contributed by atoms with Crippen LogP contribution < -0.4 is 11.3 Å². The van der Waals surface area contributed by atoms with Gasteiger partial charge in [-0.2, -0.15) is 5.10 Å². The van der Waals surface area contributed by atoms with E-state index >= 15 is 0 Å². The zero-order chi connectivity index (χ0) is 18.1. The van der Waals surface area contributed by atoms with E-state index < -0.39 is 5.56 Å². The minimum atomic E-state index is -0.393. The maximum absolute atomic E-state index is 13.0. The number of carbonyl (C=O) groups is 1. The Morgan fingerprint density at radius 1 is 1.27 bits per heavy atom. The van der Waals surface area contributed by atoms with Crippen LogP contribution in [-0.4, -0.2) is 33.2 Å². The van der Waals surface area contributed by atoms with Crippen molar-refractivity contribution < 1.29 is 4.79 Å². The van der Waals surface area contributed by atoms with Crippen LogP contribution >= 0.6 is 11.3 Å². The second-order valence-electron chi connectivity index (χ2n) is 7.27. The Morgan fingerprint density at radius 3 is 2.88 bits per heavy atom. The van der Waals surface area contributed by atoms with Gasteiger partial charge in [0.05, 0.1) is 4.88 Å². The molecule has 4 rings (SSSR count). The fourth-order valence-corrected chi connectivity index (χ4v) is 5.05. The number of aromatic nitrogens is 2. The van der Waals surface area contributed by atoms with Gasteiger partial charge in [-0.25, -0.2) is 4.68 Å². The average Bonchev–Trinajstić information content (AvgIpc) is 3.19. The Bertz CT molecular complexity index is 844. The maximum atomic E-state index is 13.0. The summed E-state index contributed by atoms with van der Waals surface area (Å²) in [5, 5.41) is 6.35. The highest BCUT2D eigenvalue weighted by atomic mass is 32.1. The van der Waals surface area contributed by atoms with E-state index in [1.807, 2.05) is 22.4 Å². The van der Waals surface area contributed by atoms with Crippen LogP contribution in [-0.2, 0) is 11.3 Å². The second kappa shape index (κ2) is 7.23. The molecule has 7 heteroatoms. The fourth-order valence-electron chi connectivity index (χ4n) is 4.37. The molecule has 0 unspecified atom stereocenters. The summed E-state index contributed by atoms with van der Waals surface area (Å²) in [6.45, 7) is 0.750. The molecule has 2 aromatic heterocycles. The Balaban J connectivity index is 1.58. The van der Waals surface area contributed by atoms with E-state index in [2.05, 4.69) is 5.10 Å². The van der Waals surface area contributed by atoms with E-state index in [-0.39, 0.29) is 18.1 Å². The van der Waals surface area contributed by atoms with Crippen LogP contribution in [0, 0.1) is 5.92 Å². The first-order valence-corrected chi connectivity index (χ1v) is 10.2. The van der Waals surface area contributed by atoms with Crippen LogP contribution in [0.5, 0.6) is 0 Å². The monoisotopic (exact) mass is 372 g/mol. The van der Waals surface area contributed by atoms with Crippen molar-refractivity contribution in [2.45, 2.75) is 51.1 Å². The van der Waals surface area contributed by atoms with Gasteiger partial charge in [-0.3, -0.25) is 9.59 Å². The van der Waals surface area contributed by atoms with Gasteiger partial charge in [0.2, 0.25) is 5.91 Å².